The van der Waals surface area contributed by atoms with Crippen molar-refractivity contribution in [2.45, 2.75) is 58.4 Å². The van der Waals surface area contributed by atoms with Crippen molar-refractivity contribution in [3.8, 4) is 33.6 Å². The highest BCUT2D eigenvalue weighted by molar-refractivity contribution is 6.50. The van der Waals surface area contributed by atoms with E-state index in [9.17, 15) is 17.3 Å². The topological polar surface area (TPSA) is 3.88 Å². The number of aromatic nitrogens is 1. The van der Waals surface area contributed by atoms with Crippen molar-refractivity contribution in [1.82, 2.24) is 0 Å². The van der Waals surface area contributed by atoms with Crippen LogP contribution in [0.1, 0.15) is 50.2 Å². The average molecular weight is 519 g/mol. The lowest BCUT2D eigenvalue weighted by Gasteiger charge is -2.23. The zero-order valence-corrected chi connectivity index (χ0v) is 21.9. The number of halogens is 4. The van der Waals surface area contributed by atoms with E-state index in [1.54, 1.807) is 0 Å². The van der Waals surface area contributed by atoms with E-state index in [0.29, 0.717) is 0 Å². The summed E-state index contributed by atoms with van der Waals surface area (Å²) in [6, 6.07) is 33.5. The molecule has 0 fully saturated rings. The number of benzene rings is 3. The Kier molecular flexibility index (Phi) is 9.38. The molecule has 1 aliphatic carbocycles. The lowest BCUT2D eigenvalue weighted by atomic mass is 9.83. The number of unbranched alkanes of at least 4 members (excludes halogenated alkanes) is 4. The molecular formula is C32H34BF4N. The molecule has 1 aromatic heterocycles. The zero-order valence-electron chi connectivity index (χ0n) is 21.9. The van der Waals surface area contributed by atoms with Gasteiger partial charge in [0.1, 0.15) is 6.54 Å². The predicted molar refractivity (Wildman–Crippen MR) is 149 cm³/mol. The first-order valence-corrected chi connectivity index (χ1v) is 13.5. The average Bonchev–Trinajstić information content (AvgIpc) is 2.92. The summed E-state index contributed by atoms with van der Waals surface area (Å²) in [5.74, 6) is 0. The van der Waals surface area contributed by atoms with Crippen molar-refractivity contribution in [2.24, 2.45) is 0 Å². The van der Waals surface area contributed by atoms with Crippen molar-refractivity contribution in [2.75, 3.05) is 0 Å². The van der Waals surface area contributed by atoms with Gasteiger partial charge in [-0.25, -0.2) is 0 Å². The van der Waals surface area contributed by atoms with Gasteiger partial charge in [0.25, 0.3) is 0 Å². The van der Waals surface area contributed by atoms with Crippen LogP contribution in [-0.4, -0.2) is 7.25 Å². The molecule has 3 aromatic carbocycles. The van der Waals surface area contributed by atoms with Gasteiger partial charge in [0, 0.05) is 29.2 Å². The first kappa shape index (κ1) is 27.6. The van der Waals surface area contributed by atoms with Gasteiger partial charge in [-0.05, 0) is 54.2 Å². The maximum Gasteiger partial charge on any atom is 0.673 e. The van der Waals surface area contributed by atoms with Gasteiger partial charge in [-0.3, -0.25) is 0 Å². The molecule has 0 radical (unpaired) electrons. The number of pyridine rings is 1. The van der Waals surface area contributed by atoms with Gasteiger partial charge in [-0.2, -0.15) is 4.57 Å². The van der Waals surface area contributed by atoms with Crippen molar-refractivity contribution >= 4 is 7.25 Å². The second-order valence-electron chi connectivity index (χ2n) is 9.72. The molecule has 198 valence electrons. The van der Waals surface area contributed by atoms with Crippen LogP contribution in [-0.2, 0) is 19.4 Å². The van der Waals surface area contributed by atoms with E-state index in [-0.39, 0.29) is 0 Å². The zero-order chi connectivity index (χ0) is 27.0. The molecule has 0 bridgehead atoms. The Bertz CT molecular complexity index is 1310. The summed E-state index contributed by atoms with van der Waals surface area (Å²) in [7, 11) is -6.00. The first-order chi connectivity index (χ1) is 18.4. The Morgan fingerprint density at radius 1 is 0.658 bits per heavy atom. The van der Waals surface area contributed by atoms with E-state index in [1.807, 2.05) is 0 Å². The summed E-state index contributed by atoms with van der Waals surface area (Å²) in [5.41, 5.74) is 11.2. The molecule has 1 aliphatic rings. The van der Waals surface area contributed by atoms with Crippen LogP contribution in [0.5, 0.6) is 0 Å². The Morgan fingerprint density at radius 3 is 1.89 bits per heavy atom. The highest BCUT2D eigenvalue weighted by Crippen LogP contribution is 2.39. The minimum Gasteiger partial charge on any atom is -0.418 e. The van der Waals surface area contributed by atoms with Gasteiger partial charge in [0.05, 0.1) is 0 Å². The number of hydrogen-bond acceptors (Lipinski definition) is 0. The second-order valence-corrected chi connectivity index (χ2v) is 9.72. The van der Waals surface area contributed by atoms with Crippen LogP contribution in [0.4, 0.5) is 17.3 Å². The number of hydrogen-bond donors (Lipinski definition) is 0. The van der Waals surface area contributed by atoms with E-state index in [1.165, 1.54) is 76.9 Å². The molecule has 0 amide bonds. The highest BCUT2D eigenvalue weighted by atomic mass is 19.5. The van der Waals surface area contributed by atoms with Gasteiger partial charge < -0.3 is 17.3 Å². The standard InChI is InChI=1S/C32H34N.BF4/c1-2-3-4-5-14-23-33-31(27-18-10-7-11-19-27)24-30(25-15-8-6-9-16-25)29-22-21-26-17-12-13-20-28(26)32(29)33;2-1(3,4)5/h6-13,15-20,24H,2-5,14,21-23H2,1H3;/q+1;-1. The van der Waals surface area contributed by atoms with Gasteiger partial charge in [0.15, 0.2) is 0 Å². The second kappa shape index (κ2) is 12.9. The molecule has 0 unspecified atom stereocenters. The van der Waals surface area contributed by atoms with Crippen LogP contribution >= 0.6 is 0 Å². The summed E-state index contributed by atoms with van der Waals surface area (Å²) in [6.07, 6.45) is 8.70. The van der Waals surface area contributed by atoms with Crippen molar-refractivity contribution < 1.29 is 21.8 Å². The van der Waals surface area contributed by atoms with E-state index < -0.39 is 7.25 Å². The minimum absolute atomic E-state index is 1.07. The first-order valence-electron chi connectivity index (χ1n) is 13.5. The lowest BCUT2D eigenvalue weighted by molar-refractivity contribution is -0.676. The molecule has 4 aromatic rings. The maximum atomic E-state index is 9.75. The number of rotatable bonds is 8. The van der Waals surface area contributed by atoms with Crippen LogP contribution < -0.4 is 4.57 Å². The van der Waals surface area contributed by atoms with Gasteiger partial charge >= 0.3 is 7.25 Å². The molecule has 5 rings (SSSR count). The summed E-state index contributed by atoms with van der Waals surface area (Å²) in [5, 5.41) is 0. The number of nitrogens with zero attached hydrogens (tertiary/aromatic N) is 1. The smallest absolute Gasteiger partial charge is 0.418 e. The summed E-state index contributed by atoms with van der Waals surface area (Å²) in [4.78, 5) is 0. The normalized spacial score (nSPS) is 12.2. The quantitative estimate of drug-likeness (QED) is 0.0945. The third-order valence-electron chi connectivity index (χ3n) is 7.01. The number of aryl methyl sites for hydroxylation is 1. The molecule has 1 nitrogen and oxygen atoms in total. The van der Waals surface area contributed by atoms with Crippen LogP contribution in [0.25, 0.3) is 33.6 Å². The van der Waals surface area contributed by atoms with Crippen molar-refractivity contribution in [1.29, 1.82) is 0 Å². The SMILES string of the molecule is CCCCCCC[n+]1c(-c2ccccc2)cc(-c2ccccc2)c2c1-c1ccccc1CC2.F[B-](F)(F)F. The summed E-state index contributed by atoms with van der Waals surface area (Å²) < 4.78 is 41.6. The summed E-state index contributed by atoms with van der Waals surface area (Å²) >= 11 is 0. The molecule has 0 saturated carbocycles. The molecule has 0 N–H and O–H groups in total. The molecule has 0 aliphatic heterocycles. The monoisotopic (exact) mass is 519 g/mol. The van der Waals surface area contributed by atoms with E-state index >= 15 is 0 Å². The van der Waals surface area contributed by atoms with Crippen LogP contribution in [0.2, 0.25) is 0 Å². The highest BCUT2D eigenvalue weighted by Gasteiger charge is 2.31. The fraction of sp³-hybridized carbons (Fsp3) is 0.281. The van der Waals surface area contributed by atoms with Crippen LogP contribution in [0.15, 0.2) is 91.0 Å². The number of fused-ring (bicyclic) bond motifs is 3. The minimum atomic E-state index is -6.00. The lowest BCUT2D eigenvalue weighted by Crippen LogP contribution is -2.41. The Labute approximate surface area is 223 Å². The molecule has 0 spiro atoms. The van der Waals surface area contributed by atoms with Crippen LogP contribution in [0.3, 0.4) is 0 Å². The largest absolute Gasteiger partial charge is 0.673 e. The Hall–Kier alpha value is -3.41. The summed E-state index contributed by atoms with van der Waals surface area (Å²) in [6.45, 7) is 3.36. The van der Waals surface area contributed by atoms with Crippen molar-refractivity contribution in [3.63, 3.8) is 0 Å². The molecule has 0 saturated heterocycles. The third kappa shape index (κ3) is 7.12. The maximum absolute atomic E-state index is 9.75. The molecule has 0 atom stereocenters. The molecule has 38 heavy (non-hydrogen) atoms. The molecule has 6 heteroatoms. The Balaban J connectivity index is 0.000000617. The third-order valence-corrected chi connectivity index (χ3v) is 7.01. The van der Waals surface area contributed by atoms with Crippen LogP contribution in [0, 0.1) is 0 Å². The van der Waals surface area contributed by atoms with E-state index in [2.05, 4.69) is 102 Å². The van der Waals surface area contributed by atoms with E-state index in [0.717, 1.165) is 19.4 Å². The molecule has 1 heterocycles. The molecular weight excluding hydrogens is 485 g/mol. The fourth-order valence-corrected chi connectivity index (χ4v) is 5.33. The van der Waals surface area contributed by atoms with Gasteiger partial charge in [-0.15, -0.1) is 0 Å². The Morgan fingerprint density at radius 2 is 1.24 bits per heavy atom. The van der Waals surface area contributed by atoms with Crippen molar-refractivity contribution in [3.05, 3.63) is 102 Å². The van der Waals surface area contributed by atoms with Gasteiger partial charge in [-0.1, -0.05) is 92.9 Å². The van der Waals surface area contributed by atoms with E-state index in [4.69, 9.17) is 0 Å². The fourth-order valence-electron chi connectivity index (χ4n) is 5.33. The van der Waals surface area contributed by atoms with Gasteiger partial charge in [0.2, 0.25) is 11.4 Å². The predicted octanol–water partition coefficient (Wildman–Crippen LogP) is 9.34.